The van der Waals surface area contributed by atoms with Gasteiger partial charge in [0.2, 0.25) is 0 Å². The lowest BCUT2D eigenvalue weighted by atomic mass is 9.95. The van der Waals surface area contributed by atoms with Crippen molar-refractivity contribution in [3.63, 3.8) is 0 Å². The number of hydrogen-bond acceptors (Lipinski definition) is 4. The van der Waals surface area contributed by atoms with Crippen molar-refractivity contribution in [2.75, 3.05) is 6.61 Å². The van der Waals surface area contributed by atoms with Crippen LogP contribution < -0.4 is 5.56 Å². The summed E-state index contributed by atoms with van der Waals surface area (Å²) in [7, 11) is 0. The molecular weight excluding hydrogens is 316 g/mol. The predicted octanol–water partition coefficient (Wildman–Crippen LogP) is 2.77. The van der Waals surface area contributed by atoms with Crippen molar-refractivity contribution in [1.29, 1.82) is 0 Å². The number of aromatic nitrogens is 2. The molecule has 0 spiro atoms. The van der Waals surface area contributed by atoms with Gasteiger partial charge in [-0.05, 0) is 25.3 Å². The maximum absolute atomic E-state index is 11.9. The minimum atomic E-state index is -0.0410. The third kappa shape index (κ3) is 1.83. The highest BCUT2D eigenvalue weighted by Gasteiger charge is 2.32. The smallest absolute Gasteiger partial charge is 0.259 e. The van der Waals surface area contributed by atoms with E-state index in [0.29, 0.717) is 11.4 Å². The third-order valence-electron chi connectivity index (χ3n) is 3.23. The summed E-state index contributed by atoms with van der Waals surface area (Å²) in [6.45, 7) is 2.66. The number of hydrogen-bond donors (Lipinski definition) is 1. The molecule has 1 N–H and O–H groups in total. The molecule has 0 amide bonds. The molecule has 2 aromatic rings. The van der Waals surface area contributed by atoms with Gasteiger partial charge in [-0.1, -0.05) is 15.9 Å². The number of aromatic amines is 1. The van der Waals surface area contributed by atoms with Gasteiger partial charge in [0, 0.05) is 16.3 Å². The number of alkyl halides is 1. The summed E-state index contributed by atoms with van der Waals surface area (Å²) in [5.41, 5.74) is 1.08. The maximum atomic E-state index is 11.9. The van der Waals surface area contributed by atoms with Gasteiger partial charge in [0.05, 0.1) is 11.7 Å². The van der Waals surface area contributed by atoms with Crippen LogP contribution in [0.5, 0.6) is 0 Å². The monoisotopic (exact) mass is 328 g/mol. The second-order valence-corrected chi connectivity index (χ2v) is 6.49. The number of fused-ring (bicyclic) bond motifs is 3. The molecule has 0 aliphatic heterocycles. The van der Waals surface area contributed by atoms with Crippen LogP contribution >= 0.6 is 27.3 Å². The summed E-state index contributed by atoms with van der Waals surface area (Å²) < 4.78 is 5.81. The second-order valence-electron chi connectivity index (χ2n) is 4.29. The Morgan fingerprint density at radius 2 is 2.50 bits per heavy atom. The van der Waals surface area contributed by atoms with Gasteiger partial charge in [0.25, 0.3) is 5.56 Å². The normalized spacial score (nSPS) is 23.2. The van der Waals surface area contributed by atoms with Crippen LogP contribution in [0.25, 0.3) is 10.2 Å². The van der Waals surface area contributed by atoms with Crippen LogP contribution in [-0.4, -0.2) is 21.4 Å². The minimum Gasteiger partial charge on any atom is -0.372 e. The maximum Gasteiger partial charge on any atom is 0.259 e. The fourth-order valence-corrected chi connectivity index (χ4v) is 4.58. The van der Waals surface area contributed by atoms with Crippen LogP contribution in [0.15, 0.2) is 11.1 Å². The highest BCUT2D eigenvalue weighted by molar-refractivity contribution is 9.09. The van der Waals surface area contributed by atoms with Crippen molar-refractivity contribution in [1.82, 2.24) is 9.97 Å². The van der Waals surface area contributed by atoms with Crippen molar-refractivity contribution >= 4 is 37.5 Å². The van der Waals surface area contributed by atoms with Gasteiger partial charge in [0.15, 0.2) is 0 Å². The van der Waals surface area contributed by atoms with E-state index >= 15 is 0 Å². The summed E-state index contributed by atoms with van der Waals surface area (Å²) in [5.74, 6) is 0. The Kier molecular flexibility index (Phi) is 3.25. The molecule has 1 aliphatic rings. The van der Waals surface area contributed by atoms with Crippen molar-refractivity contribution in [2.45, 2.75) is 30.7 Å². The molecule has 6 heteroatoms. The highest BCUT2D eigenvalue weighted by Crippen LogP contribution is 2.43. The largest absolute Gasteiger partial charge is 0.372 e. The van der Waals surface area contributed by atoms with Crippen LogP contribution in [0.3, 0.4) is 0 Å². The summed E-state index contributed by atoms with van der Waals surface area (Å²) >= 11 is 5.26. The lowest BCUT2D eigenvalue weighted by Gasteiger charge is -2.27. The van der Waals surface area contributed by atoms with E-state index in [4.69, 9.17) is 4.74 Å². The molecule has 0 saturated heterocycles. The fourth-order valence-electron chi connectivity index (χ4n) is 2.45. The van der Waals surface area contributed by atoms with Crippen LogP contribution in [0, 0.1) is 0 Å². The molecule has 0 fully saturated rings. The zero-order valence-electron chi connectivity index (χ0n) is 9.90. The first kappa shape index (κ1) is 12.3. The number of H-pyrrole nitrogens is 1. The quantitative estimate of drug-likeness (QED) is 0.862. The highest BCUT2D eigenvalue weighted by atomic mass is 79.9. The summed E-state index contributed by atoms with van der Waals surface area (Å²) in [5, 5.41) is 0.751. The van der Waals surface area contributed by atoms with Gasteiger partial charge < -0.3 is 9.72 Å². The van der Waals surface area contributed by atoms with Crippen LogP contribution in [0.4, 0.5) is 0 Å². The van der Waals surface area contributed by atoms with E-state index in [9.17, 15) is 4.79 Å². The molecule has 1 aliphatic carbocycles. The summed E-state index contributed by atoms with van der Waals surface area (Å²) in [6.07, 6.45) is 3.40. The number of thiophene rings is 1. The average molecular weight is 329 g/mol. The molecule has 0 saturated carbocycles. The molecule has 0 radical (unpaired) electrons. The number of ether oxygens (including phenoxy) is 1. The Morgan fingerprint density at radius 1 is 1.67 bits per heavy atom. The molecule has 0 bridgehead atoms. The lowest BCUT2D eigenvalue weighted by molar-refractivity contribution is 0.0589. The van der Waals surface area contributed by atoms with E-state index in [2.05, 4.69) is 25.9 Å². The molecule has 2 heterocycles. The Hall–Kier alpha value is -0.720. The van der Waals surface area contributed by atoms with Crippen LogP contribution in [0.1, 0.15) is 29.9 Å². The zero-order chi connectivity index (χ0) is 12.7. The Balaban J connectivity index is 2.22. The molecule has 0 unspecified atom stereocenters. The Morgan fingerprint density at radius 3 is 3.28 bits per heavy atom. The molecule has 3 rings (SSSR count). The molecule has 2 atom stereocenters. The lowest BCUT2D eigenvalue weighted by Crippen LogP contribution is -2.22. The van der Waals surface area contributed by atoms with Crippen molar-refractivity contribution in [3.05, 3.63) is 27.1 Å². The van der Waals surface area contributed by atoms with E-state index in [1.807, 2.05) is 6.92 Å². The van der Waals surface area contributed by atoms with E-state index in [-0.39, 0.29) is 11.7 Å². The van der Waals surface area contributed by atoms with Crippen LogP contribution in [0.2, 0.25) is 0 Å². The van der Waals surface area contributed by atoms with Gasteiger partial charge in [-0.2, -0.15) is 0 Å². The molecule has 0 aromatic carbocycles. The van der Waals surface area contributed by atoms with Crippen LogP contribution in [-0.2, 0) is 11.2 Å². The predicted molar refractivity (Wildman–Crippen MR) is 75.6 cm³/mol. The van der Waals surface area contributed by atoms with E-state index < -0.39 is 0 Å². The van der Waals surface area contributed by atoms with Gasteiger partial charge in [-0.25, -0.2) is 4.98 Å². The number of aryl methyl sites for hydroxylation is 1. The van der Waals surface area contributed by atoms with E-state index in [1.54, 1.807) is 11.3 Å². The average Bonchev–Trinajstić information content (AvgIpc) is 2.73. The van der Waals surface area contributed by atoms with Crippen molar-refractivity contribution < 1.29 is 4.74 Å². The molecule has 2 aromatic heterocycles. The van der Waals surface area contributed by atoms with Gasteiger partial charge in [-0.15, -0.1) is 11.3 Å². The molecule has 4 nitrogen and oxygen atoms in total. The fraction of sp³-hybridized carbons (Fsp3) is 0.500. The molecule has 18 heavy (non-hydrogen) atoms. The zero-order valence-corrected chi connectivity index (χ0v) is 12.3. The van der Waals surface area contributed by atoms with Gasteiger partial charge in [-0.3, -0.25) is 4.79 Å². The standard InChI is InChI=1S/C12H13BrN2O2S/c1-2-17-9-7(13)4-3-6-8-11(16)14-5-15-12(8)18-10(6)9/h5,7,9H,2-4H2,1H3,(H,14,15,16)/t7-,9-/m0/s1. The Bertz CT molecular complexity index is 637. The third-order valence-corrected chi connectivity index (χ3v) is 5.37. The first-order chi connectivity index (χ1) is 8.72. The number of rotatable bonds is 2. The number of nitrogens with zero attached hydrogens (tertiary/aromatic N) is 1. The first-order valence-electron chi connectivity index (χ1n) is 5.97. The van der Waals surface area contributed by atoms with E-state index in [0.717, 1.165) is 33.5 Å². The molecular formula is C12H13BrN2O2S. The second kappa shape index (κ2) is 4.75. The van der Waals surface area contributed by atoms with Crippen molar-refractivity contribution in [2.24, 2.45) is 0 Å². The van der Waals surface area contributed by atoms with Crippen molar-refractivity contribution in [3.8, 4) is 0 Å². The van der Waals surface area contributed by atoms with Gasteiger partial charge in [0.1, 0.15) is 10.9 Å². The number of halogens is 1. The van der Waals surface area contributed by atoms with E-state index in [1.165, 1.54) is 6.33 Å². The topological polar surface area (TPSA) is 55.0 Å². The summed E-state index contributed by atoms with van der Waals surface area (Å²) in [4.78, 5) is 21.1. The number of nitrogens with one attached hydrogen (secondary N) is 1. The molecule has 96 valence electrons. The SMILES string of the molecule is CCO[C@@H]1c2sc3nc[nH]c(=O)c3c2CC[C@@H]1Br. The minimum absolute atomic E-state index is 0.0392. The van der Waals surface area contributed by atoms with Gasteiger partial charge >= 0.3 is 0 Å². The Labute approximate surface area is 117 Å². The summed E-state index contributed by atoms with van der Waals surface area (Å²) in [6, 6.07) is 0. The first-order valence-corrected chi connectivity index (χ1v) is 7.70.